The number of hydrogen-bond acceptors (Lipinski definition) is 3. The number of nitrogens with one attached hydrogen (secondary N) is 1. The zero-order valence-corrected chi connectivity index (χ0v) is 10.6. The van der Waals surface area contributed by atoms with E-state index >= 15 is 0 Å². The number of anilines is 1. The van der Waals surface area contributed by atoms with Gasteiger partial charge in [0.1, 0.15) is 11.4 Å². The number of methoxy groups -OCH3 is 1. The lowest BCUT2D eigenvalue weighted by molar-refractivity contribution is 0.102. The van der Waals surface area contributed by atoms with Gasteiger partial charge in [-0.05, 0) is 24.3 Å². The third kappa shape index (κ3) is 2.93. The Hall–Kier alpha value is -2.64. The quantitative estimate of drug-likeness (QED) is 0.700. The van der Waals surface area contributed by atoms with Crippen molar-refractivity contribution in [2.45, 2.75) is 0 Å². The molecular formula is C13H8F4N2O2. The number of pyridine rings is 1. The molecule has 0 saturated carbocycles. The highest BCUT2D eigenvalue weighted by Gasteiger charge is 2.22. The fourth-order valence-corrected chi connectivity index (χ4v) is 1.52. The summed E-state index contributed by atoms with van der Waals surface area (Å²) < 4.78 is 57.4. The Bertz CT molecular complexity index is 663. The van der Waals surface area contributed by atoms with Crippen LogP contribution in [0.25, 0.3) is 0 Å². The van der Waals surface area contributed by atoms with Crippen LogP contribution in [0, 0.1) is 23.5 Å². The largest absolute Gasteiger partial charge is 0.497 e. The molecule has 0 bridgehead atoms. The number of amides is 1. The van der Waals surface area contributed by atoms with Crippen LogP contribution in [0.1, 0.15) is 10.4 Å². The van der Waals surface area contributed by atoms with Crippen molar-refractivity contribution in [2.24, 2.45) is 0 Å². The summed E-state index contributed by atoms with van der Waals surface area (Å²) in [5.74, 6) is -7.74. The molecule has 0 radical (unpaired) electrons. The van der Waals surface area contributed by atoms with E-state index in [2.05, 4.69) is 4.98 Å². The predicted octanol–water partition coefficient (Wildman–Crippen LogP) is 2.90. The maximum absolute atomic E-state index is 13.4. The second kappa shape index (κ2) is 5.78. The molecule has 110 valence electrons. The summed E-state index contributed by atoms with van der Waals surface area (Å²) in [6, 6.07) is 5.51. The van der Waals surface area contributed by atoms with E-state index in [4.69, 9.17) is 4.74 Å². The molecule has 1 aromatic carbocycles. The summed E-state index contributed by atoms with van der Waals surface area (Å²) in [4.78, 5) is 14.2. The van der Waals surface area contributed by atoms with Gasteiger partial charge in [-0.25, -0.2) is 0 Å². The van der Waals surface area contributed by atoms with Gasteiger partial charge in [0, 0.05) is 5.56 Å². The third-order valence-corrected chi connectivity index (χ3v) is 2.59. The van der Waals surface area contributed by atoms with Gasteiger partial charge in [0.05, 0.1) is 7.11 Å². The van der Waals surface area contributed by atoms with Crippen LogP contribution in [0.3, 0.4) is 0 Å². The van der Waals surface area contributed by atoms with Crippen LogP contribution in [-0.4, -0.2) is 18.0 Å². The Kier molecular flexibility index (Phi) is 4.06. The van der Waals surface area contributed by atoms with Gasteiger partial charge in [0.25, 0.3) is 17.8 Å². The average molecular weight is 300 g/mol. The highest BCUT2D eigenvalue weighted by Crippen LogP contribution is 2.23. The molecule has 0 aliphatic rings. The van der Waals surface area contributed by atoms with Crippen LogP contribution < -0.4 is 10.1 Å². The molecule has 0 unspecified atom stereocenters. The lowest BCUT2D eigenvalue weighted by atomic mass is 10.2. The van der Waals surface area contributed by atoms with E-state index in [1.54, 1.807) is 5.32 Å². The molecule has 1 aromatic heterocycles. The lowest BCUT2D eigenvalue weighted by Crippen LogP contribution is -2.16. The molecule has 1 amide bonds. The van der Waals surface area contributed by atoms with E-state index in [0.29, 0.717) is 5.75 Å². The van der Waals surface area contributed by atoms with E-state index in [-0.39, 0.29) is 5.56 Å². The zero-order valence-electron chi connectivity index (χ0n) is 10.6. The van der Waals surface area contributed by atoms with Crippen LogP contribution >= 0.6 is 0 Å². The average Bonchev–Trinajstić information content (AvgIpc) is 2.49. The van der Waals surface area contributed by atoms with Crippen molar-refractivity contribution in [3.05, 3.63) is 53.4 Å². The minimum Gasteiger partial charge on any atom is -0.497 e. The van der Waals surface area contributed by atoms with E-state index in [9.17, 15) is 22.4 Å². The Morgan fingerprint density at radius 1 is 1.05 bits per heavy atom. The van der Waals surface area contributed by atoms with Gasteiger partial charge in [-0.3, -0.25) is 4.79 Å². The number of nitrogens with zero attached hydrogens (tertiary/aromatic N) is 1. The van der Waals surface area contributed by atoms with Crippen molar-refractivity contribution in [2.75, 3.05) is 12.4 Å². The maximum Gasteiger partial charge on any atom is 0.255 e. The molecule has 0 saturated heterocycles. The van der Waals surface area contributed by atoms with E-state index in [1.165, 1.54) is 31.4 Å². The summed E-state index contributed by atoms with van der Waals surface area (Å²) in [6.07, 6.45) is 0. The lowest BCUT2D eigenvalue weighted by Gasteiger charge is -2.08. The summed E-state index contributed by atoms with van der Waals surface area (Å²) in [7, 11) is 1.42. The van der Waals surface area contributed by atoms with Gasteiger partial charge >= 0.3 is 0 Å². The van der Waals surface area contributed by atoms with Crippen molar-refractivity contribution in [3.8, 4) is 5.75 Å². The Morgan fingerprint density at radius 3 is 2.05 bits per heavy atom. The highest BCUT2D eigenvalue weighted by molar-refractivity contribution is 6.04. The second-order valence-corrected chi connectivity index (χ2v) is 3.88. The topological polar surface area (TPSA) is 51.2 Å². The molecule has 0 fully saturated rings. The van der Waals surface area contributed by atoms with Gasteiger partial charge in [-0.2, -0.15) is 22.5 Å². The SMILES string of the molecule is COc1ccc(C(=O)Nc2c(F)c(F)nc(F)c2F)cc1. The zero-order chi connectivity index (χ0) is 15.6. The molecule has 2 aromatic rings. The fourth-order valence-electron chi connectivity index (χ4n) is 1.52. The van der Waals surface area contributed by atoms with E-state index in [0.717, 1.165) is 0 Å². The van der Waals surface area contributed by atoms with Crippen LogP contribution in [-0.2, 0) is 0 Å². The molecule has 21 heavy (non-hydrogen) atoms. The smallest absolute Gasteiger partial charge is 0.255 e. The molecule has 2 rings (SSSR count). The number of ether oxygens (including phenoxy) is 1. The Labute approximate surface area is 116 Å². The predicted molar refractivity (Wildman–Crippen MR) is 65.0 cm³/mol. The fraction of sp³-hybridized carbons (Fsp3) is 0.0769. The van der Waals surface area contributed by atoms with Crippen LogP contribution in [0.15, 0.2) is 24.3 Å². The summed E-state index contributed by atoms with van der Waals surface area (Å²) in [5.41, 5.74) is -1.21. The van der Waals surface area contributed by atoms with Crippen molar-refractivity contribution in [3.63, 3.8) is 0 Å². The monoisotopic (exact) mass is 300 g/mol. The van der Waals surface area contributed by atoms with Crippen molar-refractivity contribution < 1.29 is 27.1 Å². The summed E-state index contributed by atoms with van der Waals surface area (Å²) >= 11 is 0. The van der Waals surface area contributed by atoms with Gasteiger partial charge in [0.2, 0.25) is 11.6 Å². The molecular weight excluding hydrogens is 292 g/mol. The van der Waals surface area contributed by atoms with Crippen LogP contribution in [0.4, 0.5) is 23.2 Å². The number of aromatic nitrogens is 1. The van der Waals surface area contributed by atoms with Gasteiger partial charge in [-0.1, -0.05) is 0 Å². The Morgan fingerprint density at radius 2 is 1.57 bits per heavy atom. The molecule has 0 aliphatic heterocycles. The minimum atomic E-state index is -1.85. The van der Waals surface area contributed by atoms with Crippen molar-refractivity contribution >= 4 is 11.6 Å². The van der Waals surface area contributed by atoms with Crippen LogP contribution in [0.5, 0.6) is 5.75 Å². The van der Waals surface area contributed by atoms with Crippen molar-refractivity contribution in [1.82, 2.24) is 4.98 Å². The van der Waals surface area contributed by atoms with Gasteiger partial charge < -0.3 is 10.1 Å². The molecule has 1 heterocycles. The normalized spacial score (nSPS) is 10.3. The molecule has 0 aliphatic carbocycles. The first-order chi connectivity index (χ1) is 9.93. The number of carbonyl (C=O) groups is 1. The third-order valence-electron chi connectivity index (χ3n) is 2.59. The summed E-state index contributed by atoms with van der Waals surface area (Å²) in [5, 5.41) is 1.76. The molecule has 8 heteroatoms. The second-order valence-electron chi connectivity index (χ2n) is 3.88. The standard InChI is InChI=1S/C13H8F4N2O2/c1-21-7-4-2-6(3-5-7)13(20)18-10-8(14)11(16)19-12(17)9(10)15/h2-5H,1H3,(H,18,19,20). The first-order valence-electron chi connectivity index (χ1n) is 5.59. The number of benzene rings is 1. The van der Waals surface area contributed by atoms with Crippen LogP contribution in [0.2, 0.25) is 0 Å². The molecule has 1 N–H and O–H groups in total. The number of carbonyl (C=O) groups excluding carboxylic acids is 1. The van der Waals surface area contributed by atoms with Gasteiger partial charge in [-0.15, -0.1) is 0 Å². The number of halogens is 4. The molecule has 0 atom stereocenters. The molecule has 4 nitrogen and oxygen atoms in total. The van der Waals surface area contributed by atoms with Gasteiger partial charge in [0.15, 0.2) is 0 Å². The first kappa shape index (κ1) is 14.8. The summed E-state index contributed by atoms with van der Waals surface area (Å²) in [6.45, 7) is 0. The maximum atomic E-state index is 13.4. The van der Waals surface area contributed by atoms with Crippen molar-refractivity contribution in [1.29, 1.82) is 0 Å². The Balaban J connectivity index is 2.31. The minimum absolute atomic E-state index is 0.0206. The highest BCUT2D eigenvalue weighted by atomic mass is 19.2. The molecule has 0 spiro atoms. The van der Waals surface area contributed by atoms with E-state index < -0.39 is 35.1 Å². The first-order valence-corrected chi connectivity index (χ1v) is 5.59. The van der Waals surface area contributed by atoms with E-state index in [1.807, 2.05) is 0 Å². The number of rotatable bonds is 3. The number of hydrogen-bond donors (Lipinski definition) is 1.